The van der Waals surface area contributed by atoms with E-state index in [9.17, 15) is 0 Å². The van der Waals surface area contributed by atoms with Crippen LogP contribution in [0, 0.1) is 6.42 Å². The Labute approximate surface area is 69.1 Å². The van der Waals surface area contributed by atoms with E-state index < -0.39 is 0 Å². The van der Waals surface area contributed by atoms with E-state index in [1.54, 1.807) is 6.08 Å². The van der Waals surface area contributed by atoms with Gasteiger partial charge in [-0.15, -0.1) is 0 Å². The lowest BCUT2D eigenvalue weighted by atomic mass is 10.2. The van der Waals surface area contributed by atoms with Gasteiger partial charge in [-0.3, -0.25) is 0 Å². The molecular weight excluding hydrogens is 178 g/mol. The van der Waals surface area contributed by atoms with Gasteiger partial charge in [-0.2, -0.15) is 0 Å². The summed E-state index contributed by atoms with van der Waals surface area (Å²) in [7, 11) is 0. The van der Waals surface area contributed by atoms with Crippen molar-refractivity contribution < 1.29 is 0 Å². The number of rotatable bonds is 0. The Hall–Kier alpha value is 0.350. The molecule has 3 heteroatoms. The van der Waals surface area contributed by atoms with Crippen LogP contribution in [0.5, 0.6) is 0 Å². The van der Waals surface area contributed by atoms with Crippen LogP contribution in [0.1, 0.15) is 6.42 Å². The summed E-state index contributed by atoms with van der Waals surface area (Å²) in [4.78, 5) is 0. The van der Waals surface area contributed by atoms with Gasteiger partial charge in [0.2, 0.25) is 0 Å². The van der Waals surface area contributed by atoms with Crippen LogP contribution in [0.2, 0.25) is 0 Å². The van der Waals surface area contributed by atoms with Gasteiger partial charge in [0, 0.05) is 16.5 Å². The Morgan fingerprint density at radius 3 is 2.33 bits per heavy atom. The van der Waals surface area contributed by atoms with Crippen LogP contribution < -0.4 is 0 Å². The van der Waals surface area contributed by atoms with Crippen molar-refractivity contribution in [3.05, 3.63) is 27.6 Å². The third kappa shape index (κ3) is 1.89. The zero-order valence-corrected chi connectivity index (χ0v) is 6.76. The third-order valence-corrected chi connectivity index (χ3v) is 2.06. The van der Waals surface area contributed by atoms with Crippen molar-refractivity contribution in [3.63, 3.8) is 0 Å². The molecule has 0 saturated heterocycles. The summed E-state index contributed by atoms with van der Waals surface area (Å²) in [5.41, 5.74) is 0. The highest BCUT2D eigenvalue weighted by Crippen LogP contribution is 2.29. The summed E-state index contributed by atoms with van der Waals surface area (Å²) in [5.74, 6) is 0. The Kier molecular flexibility index (Phi) is 2.45. The fourth-order valence-corrected chi connectivity index (χ4v) is 1.11. The maximum absolute atomic E-state index is 5.65. The highest BCUT2D eigenvalue weighted by atomic mass is 35.5. The highest BCUT2D eigenvalue weighted by molar-refractivity contribution is 6.42. The van der Waals surface area contributed by atoms with E-state index in [0.29, 0.717) is 21.5 Å². The average Bonchev–Trinajstić information content (AvgIpc) is 1.80. The van der Waals surface area contributed by atoms with Gasteiger partial charge < -0.3 is 0 Å². The van der Waals surface area contributed by atoms with E-state index in [-0.39, 0.29) is 0 Å². The fraction of sp³-hybridized carbons (Fsp3) is 0.167. The zero-order valence-electron chi connectivity index (χ0n) is 4.50. The molecule has 1 aliphatic carbocycles. The lowest BCUT2D eigenvalue weighted by molar-refractivity contribution is 1.21. The molecule has 1 radical (unpaired) electrons. The maximum atomic E-state index is 5.65. The van der Waals surface area contributed by atoms with Crippen LogP contribution in [-0.4, -0.2) is 0 Å². The van der Waals surface area contributed by atoms with Gasteiger partial charge in [0.15, 0.2) is 0 Å². The molecule has 1 aliphatic rings. The minimum atomic E-state index is 0.546. The number of hydrogen-bond donors (Lipinski definition) is 0. The molecule has 0 aromatic heterocycles. The monoisotopic (exact) mass is 181 g/mol. The summed E-state index contributed by atoms with van der Waals surface area (Å²) in [6, 6.07) is 0. The molecule has 0 fully saturated rings. The van der Waals surface area contributed by atoms with E-state index in [1.165, 1.54) is 0 Å². The van der Waals surface area contributed by atoms with Crippen molar-refractivity contribution in [3.8, 4) is 0 Å². The first kappa shape index (κ1) is 7.46. The Bertz CT molecular complexity index is 179. The second kappa shape index (κ2) is 2.96. The molecule has 0 saturated carbocycles. The smallest absolute Gasteiger partial charge is 0.0562 e. The minimum Gasteiger partial charge on any atom is -0.0888 e. The molecule has 0 heterocycles. The molecule has 0 aliphatic heterocycles. The van der Waals surface area contributed by atoms with Gasteiger partial charge in [0.05, 0.1) is 5.03 Å². The first-order valence-electron chi connectivity index (χ1n) is 2.44. The summed E-state index contributed by atoms with van der Waals surface area (Å²) in [5, 5.41) is 1.86. The lowest BCUT2D eigenvalue weighted by Crippen LogP contribution is -1.87. The van der Waals surface area contributed by atoms with E-state index in [4.69, 9.17) is 34.8 Å². The Morgan fingerprint density at radius 1 is 1.22 bits per heavy atom. The van der Waals surface area contributed by atoms with E-state index in [1.807, 2.05) is 6.42 Å². The van der Waals surface area contributed by atoms with Crippen molar-refractivity contribution in [1.82, 2.24) is 0 Å². The molecule has 0 amide bonds. The Morgan fingerprint density at radius 2 is 1.89 bits per heavy atom. The fourth-order valence-electron chi connectivity index (χ4n) is 0.543. The molecule has 1 rings (SSSR count). The molecule has 49 valence electrons. The standard InChI is InChI=1S/C6H4Cl3/c7-4-1-2-5(8)6(9)3-4/h1,3H,2H2. The molecule has 0 unspecified atom stereocenters. The molecular formula is C6H4Cl3. The van der Waals surface area contributed by atoms with E-state index in [2.05, 4.69) is 0 Å². The van der Waals surface area contributed by atoms with E-state index >= 15 is 0 Å². The van der Waals surface area contributed by atoms with E-state index in [0.717, 1.165) is 0 Å². The van der Waals surface area contributed by atoms with Crippen LogP contribution in [0.3, 0.4) is 0 Å². The van der Waals surface area contributed by atoms with Gasteiger partial charge in [0.25, 0.3) is 0 Å². The predicted octanol–water partition coefficient (Wildman–Crippen LogP) is 3.41. The second-order valence-corrected chi connectivity index (χ2v) is 2.99. The highest BCUT2D eigenvalue weighted by Gasteiger charge is 2.07. The molecule has 0 atom stereocenters. The van der Waals surface area contributed by atoms with Crippen molar-refractivity contribution in [2.24, 2.45) is 0 Å². The van der Waals surface area contributed by atoms with Crippen molar-refractivity contribution in [1.29, 1.82) is 0 Å². The van der Waals surface area contributed by atoms with Crippen LogP contribution in [0.25, 0.3) is 0 Å². The largest absolute Gasteiger partial charge is 0.0888 e. The third-order valence-electron chi connectivity index (χ3n) is 1.00. The summed E-state index contributed by atoms with van der Waals surface area (Å²) in [6.45, 7) is 0. The first-order chi connectivity index (χ1) is 4.20. The molecule has 0 aromatic rings. The maximum Gasteiger partial charge on any atom is 0.0562 e. The topological polar surface area (TPSA) is 0 Å². The van der Waals surface area contributed by atoms with Gasteiger partial charge in [-0.1, -0.05) is 34.8 Å². The molecule has 0 aromatic carbocycles. The second-order valence-electron chi connectivity index (χ2n) is 1.69. The summed E-state index contributed by atoms with van der Waals surface area (Å²) >= 11 is 16.9. The zero-order chi connectivity index (χ0) is 6.85. The molecule has 0 bridgehead atoms. The van der Waals surface area contributed by atoms with Crippen LogP contribution in [-0.2, 0) is 0 Å². The van der Waals surface area contributed by atoms with Gasteiger partial charge in [0.1, 0.15) is 0 Å². The number of hydrogen-bond acceptors (Lipinski definition) is 0. The quantitative estimate of drug-likeness (QED) is 0.539. The number of halogens is 3. The van der Waals surface area contributed by atoms with Crippen LogP contribution >= 0.6 is 34.8 Å². The molecule has 0 nitrogen and oxygen atoms in total. The lowest BCUT2D eigenvalue weighted by Gasteiger charge is -2.05. The van der Waals surface area contributed by atoms with Crippen molar-refractivity contribution >= 4 is 34.8 Å². The predicted molar refractivity (Wildman–Crippen MR) is 41.6 cm³/mol. The summed E-state index contributed by atoms with van der Waals surface area (Å²) < 4.78 is 0. The SMILES string of the molecule is ClC1=CC(Cl)=C(Cl)C[CH]1. The van der Waals surface area contributed by atoms with Crippen molar-refractivity contribution in [2.45, 2.75) is 6.42 Å². The Balaban J connectivity index is 2.83. The van der Waals surface area contributed by atoms with Crippen LogP contribution in [0.4, 0.5) is 0 Å². The normalized spacial score (nSPS) is 20.1. The molecule has 0 N–H and O–H groups in total. The van der Waals surface area contributed by atoms with Gasteiger partial charge in [-0.25, -0.2) is 0 Å². The van der Waals surface area contributed by atoms with Crippen LogP contribution in [0.15, 0.2) is 21.2 Å². The first-order valence-corrected chi connectivity index (χ1v) is 3.58. The van der Waals surface area contributed by atoms with Gasteiger partial charge >= 0.3 is 0 Å². The average molecular weight is 182 g/mol. The minimum absolute atomic E-state index is 0.546. The summed E-state index contributed by atoms with van der Waals surface area (Å²) in [6.07, 6.45) is 4.10. The van der Waals surface area contributed by atoms with Gasteiger partial charge in [-0.05, 0) is 12.5 Å². The molecule has 0 spiro atoms. The van der Waals surface area contributed by atoms with Crippen molar-refractivity contribution in [2.75, 3.05) is 0 Å². The molecule has 9 heavy (non-hydrogen) atoms. The number of allylic oxidation sites excluding steroid dienone is 4.